The van der Waals surface area contributed by atoms with Crippen molar-refractivity contribution in [1.82, 2.24) is 9.97 Å². The molecule has 0 spiro atoms. The Kier molecular flexibility index (Phi) is 3.69. The lowest BCUT2D eigenvalue weighted by Gasteiger charge is -2.18. The van der Waals surface area contributed by atoms with Crippen LogP contribution >= 0.6 is 0 Å². The third-order valence-corrected chi connectivity index (χ3v) is 3.17. The normalized spacial score (nSPS) is 14.8. The molecular formula is C14H19N3. The van der Waals surface area contributed by atoms with Crippen LogP contribution in [0.4, 0.5) is 0 Å². The number of hydrogen-bond acceptors (Lipinski definition) is 3. The monoisotopic (exact) mass is 229 g/mol. The van der Waals surface area contributed by atoms with Gasteiger partial charge in [-0.1, -0.05) is 32.4 Å². The van der Waals surface area contributed by atoms with E-state index >= 15 is 0 Å². The highest BCUT2D eigenvalue weighted by Crippen LogP contribution is 2.22. The molecule has 0 saturated heterocycles. The fourth-order valence-electron chi connectivity index (χ4n) is 2.06. The topological polar surface area (TPSA) is 51.8 Å². The van der Waals surface area contributed by atoms with Gasteiger partial charge < -0.3 is 5.73 Å². The van der Waals surface area contributed by atoms with E-state index in [1.165, 1.54) is 0 Å². The molecule has 3 nitrogen and oxygen atoms in total. The fraction of sp³-hybridized carbons (Fsp3) is 0.429. The maximum absolute atomic E-state index is 6.21. The summed E-state index contributed by atoms with van der Waals surface area (Å²) in [6.07, 6.45) is 4.07. The van der Waals surface area contributed by atoms with Gasteiger partial charge in [-0.25, -0.2) is 4.98 Å². The van der Waals surface area contributed by atoms with Gasteiger partial charge in [0.1, 0.15) is 0 Å². The van der Waals surface area contributed by atoms with E-state index in [9.17, 15) is 0 Å². The Morgan fingerprint density at radius 3 is 2.65 bits per heavy atom. The van der Waals surface area contributed by atoms with Gasteiger partial charge in [-0.05, 0) is 24.5 Å². The number of rotatable bonds is 4. The first-order valence-electron chi connectivity index (χ1n) is 6.19. The molecule has 2 atom stereocenters. The van der Waals surface area contributed by atoms with Crippen LogP contribution in [-0.4, -0.2) is 9.97 Å². The summed E-state index contributed by atoms with van der Waals surface area (Å²) in [5, 5.41) is 0. The third kappa shape index (κ3) is 2.61. The van der Waals surface area contributed by atoms with Gasteiger partial charge in [0.05, 0.1) is 29.0 Å². The predicted octanol–water partition coefficient (Wildman–Crippen LogP) is 3.07. The minimum atomic E-state index is -0.0212. The minimum Gasteiger partial charge on any atom is -0.322 e. The van der Waals surface area contributed by atoms with Gasteiger partial charge in [0, 0.05) is 0 Å². The van der Waals surface area contributed by atoms with Gasteiger partial charge in [0.15, 0.2) is 0 Å². The summed E-state index contributed by atoms with van der Waals surface area (Å²) in [6.45, 7) is 4.35. The average molecular weight is 229 g/mol. The van der Waals surface area contributed by atoms with Crippen molar-refractivity contribution in [3.8, 4) is 0 Å². The van der Waals surface area contributed by atoms with E-state index in [-0.39, 0.29) is 6.04 Å². The molecule has 17 heavy (non-hydrogen) atoms. The molecular weight excluding hydrogens is 210 g/mol. The Bertz CT molecular complexity index is 496. The molecule has 0 bridgehead atoms. The van der Waals surface area contributed by atoms with Crippen molar-refractivity contribution in [2.45, 2.75) is 32.7 Å². The number of hydrogen-bond donors (Lipinski definition) is 1. The highest BCUT2D eigenvalue weighted by Gasteiger charge is 2.16. The molecule has 1 aromatic carbocycles. The lowest BCUT2D eigenvalue weighted by molar-refractivity contribution is 0.426. The molecule has 2 rings (SSSR count). The van der Waals surface area contributed by atoms with Crippen molar-refractivity contribution in [3.63, 3.8) is 0 Å². The van der Waals surface area contributed by atoms with Crippen molar-refractivity contribution >= 4 is 11.0 Å². The second-order valence-electron chi connectivity index (χ2n) is 4.58. The largest absolute Gasteiger partial charge is 0.322 e. The van der Waals surface area contributed by atoms with Gasteiger partial charge in [-0.3, -0.25) is 4.98 Å². The van der Waals surface area contributed by atoms with Crippen LogP contribution in [0, 0.1) is 5.92 Å². The molecule has 2 N–H and O–H groups in total. The molecule has 0 amide bonds. The molecule has 0 radical (unpaired) electrons. The molecule has 0 saturated carbocycles. The molecule has 1 heterocycles. The number of para-hydroxylation sites is 2. The number of nitrogens with zero attached hydrogens (tertiary/aromatic N) is 2. The number of aromatic nitrogens is 2. The smallest absolute Gasteiger partial charge is 0.0890 e. The zero-order valence-corrected chi connectivity index (χ0v) is 10.4. The van der Waals surface area contributed by atoms with Crippen LogP contribution in [-0.2, 0) is 0 Å². The molecule has 2 unspecified atom stereocenters. The molecule has 90 valence electrons. The summed E-state index contributed by atoms with van der Waals surface area (Å²) in [5.41, 5.74) is 8.95. The molecule has 1 aromatic heterocycles. The van der Waals surface area contributed by atoms with Gasteiger partial charge in [0.25, 0.3) is 0 Å². The van der Waals surface area contributed by atoms with E-state index in [1.807, 2.05) is 24.3 Å². The highest BCUT2D eigenvalue weighted by atomic mass is 14.8. The molecule has 0 aliphatic rings. The quantitative estimate of drug-likeness (QED) is 0.876. The van der Waals surface area contributed by atoms with Gasteiger partial charge in [-0.15, -0.1) is 0 Å². The van der Waals surface area contributed by atoms with Gasteiger partial charge in [0.2, 0.25) is 0 Å². The second kappa shape index (κ2) is 5.23. The van der Waals surface area contributed by atoms with Crippen LogP contribution < -0.4 is 5.73 Å². The lowest BCUT2D eigenvalue weighted by atomic mass is 9.95. The van der Waals surface area contributed by atoms with Crippen LogP contribution in [0.15, 0.2) is 30.5 Å². The first kappa shape index (κ1) is 12.0. The van der Waals surface area contributed by atoms with E-state index in [0.29, 0.717) is 5.92 Å². The SMILES string of the molecule is CCCC(C)C(N)c1cnc2ccccc2n1. The summed E-state index contributed by atoms with van der Waals surface area (Å²) < 4.78 is 0. The van der Waals surface area contributed by atoms with Crippen molar-refractivity contribution < 1.29 is 0 Å². The Morgan fingerprint density at radius 2 is 1.94 bits per heavy atom. The number of fused-ring (bicyclic) bond motifs is 1. The predicted molar refractivity (Wildman–Crippen MR) is 70.5 cm³/mol. The highest BCUT2D eigenvalue weighted by molar-refractivity contribution is 5.73. The Labute approximate surface area is 102 Å². The molecule has 2 aromatic rings. The summed E-state index contributed by atoms with van der Waals surface area (Å²) in [4.78, 5) is 8.99. The van der Waals surface area contributed by atoms with E-state index < -0.39 is 0 Å². The van der Waals surface area contributed by atoms with Crippen molar-refractivity contribution in [2.75, 3.05) is 0 Å². The van der Waals surface area contributed by atoms with Crippen LogP contribution in [0.25, 0.3) is 11.0 Å². The Morgan fingerprint density at radius 1 is 1.24 bits per heavy atom. The first-order valence-corrected chi connectivity index (χ1v) is 6.19. The van der Waals surface area contributed by atoms with Gasteiger partial charge >= 0.3 is 0 Å². The second-order valence-corrected chi connectivity index (χ2v) is 4.58. The first-order chi connectivity index (χ1) is 8.22. The molecule has 0 aliphatic carbocycles. The number of nitrogens with two attached hydrogens (primary N) is 1. The summed E-state index contributed by atoms with van der Waals surface area (Å²) in [5.74, 6) is 0.440. The number of benzene rings is 1. The molecule has 3 heteroatoms. The van der Waals surface area contributed by atoms with Crippen molar-refractivity contribution in [2.24, 2.45) is 11.7 Å². The molecule has 0 aliphatic heterocycles. The molecule has 0 fully saturated rings. The van der Waals surface area contributed by atoms with Crippen LogP contribution in [0.2, 0.25) is 0 Å². The zero-order chi connectivity index (χ0) is 12.3. The van der Waals surface area contributed by atoms with Crippen LogP contribution in [0.5, 0.6) is 0 Å². The van der Waals surface area contributed by atoms with E-state index in [2.05, 4.69) is 23.8 Å². The van der Waals surface area contributed by atoms with E-state index in [4.69, 9.17) is 5.73 Å². The maximum Gasteiger partial charge on any atom is 0.0890 e. The summed E-state index contributed by atoms with van der Waals surface area (Å²) in [6, 6.07) is 7.86. The lowest BCUT2D eigenvalue weighted by Crippen LogP contribution is -2.20. The summed E-state index contributed by atoms with van der Waals surface area (Å²) in [7, 11) is 0. The van der Waals surface area contributed by atoms with Crippen LogP contribution in [0.1, 0.15) is 38.4 Å². The zero-order valence-electron chi connectivity index (χ0n) is 10.4. The maximum atomic E-state index is 6.21. The fourth-order valence-corrected chi connectivity index (χ4v) is 2.06. The standard InChI is InChI=1S/C14H19N3/c1-3-6-10(2)14(15)13-9-16-11-7-4-5-8-12(11)17-13/h4-5,7-10,14H,3,6,15H2,1-2H3. The van der Waals surface area contributed by atoms with Gasteiger partial charge in [-0.2, -0.15) is 0 Å². The third-order valence-electron chi connectivity index (χ3n) is 3.17. The van der Waals surface area contributed by atoms with Crippen molar-refractivity contribution in [1.29, 1.82) is 0 Å². The minimum absolute atomic E-state index is 0.0212. The summed E-state index contributed by atoms with van der Waals surface area (Å²) >= 11 is 0. The van der Waals surface area contributed by atoms with E-state index in [1.54, 1.807) is 6.20 Å². The Hall–Kier alpha value is -1.48. The van der Waals surface area contributed by atoms with Crippen molar-refractivity contribution in [3.05, 3.63) is 36.2 Å². The average Bonchev–Trinajstić information content (AvgIpc) is 2.37. The van der Waals surface area contributed by atoms with E-state index in [0.717, 1.165) is 29.6 Å². The Balaban J connectivity index is 2.29. The van der Waals surface area contributed by atoms with Crippen LogP contribution in [0.3, 0.4) is 0 Å².